The Morgan fingerprint density at radius 1 is 1.15 bits per heavy atom. The second-order valence-corrected chi connectivity index (χ2v) is 9.86. The van der Waals surface area contributed by atoms with Crippen molar-refractivity contribution in [2.24, 2.45) is 23.2 Å². The van der Waals surface area contributed by atoms with E-state index in [2.05, 4.69) is 36.5 Å². The fourth-order valence-electron chi connectivity index (χ4n) is 6.88. The van der Waals surface area contributed by atoms with Gasteiger partial charge >= 0.3 is 5.97 Å². The van der Waals surface area contributed by atoms with Crippen molar-refractivity contribution in [3.05, 3.63) is 35.4 Å². The van der Waals surface area contributed by atoms with Crippen LogP contribution < -0.4 is 5.32 Å². The third kappa shape index (κ3) is 2.88. The average Bonchev–Trinajstić information content (AvgIpc) is 3.04. The number of rotatable bonds is 4. The lowest BCUT2D eigenvalue weighted by Gasteiger charge is -2.61. The summed E-state index contributed by atoms with van der Waals surface area (Å²) in [5, 5.41) is 2.83. The molecule has 27 heavy (non-hydrogen) atoms. The fourth-order valence-corrected chi connectivity index (χ4v) is 6.88. The quantitative estimate of drug-likeness (QED) is 0.829. The highest BCUT2D eigenvalue weighted by Gasteiger charge is 2.61. The Balaban J connectivity index is 1.37. The van der Waals surface area contributed by atoms with Gasteiger partial charge in [-0.1, -0.05) is 29.8 Å². The van der Waals surface area contributed by atoms with Crippen molar-refractivity contribution in [1.82, 2.24) is 5.32 Å². The van der Waals surface area contributed by atoms with Gasteiger partial charge in [-0.2, -0.15) is 0 Å². The second kappa shape index (κ2) is 6.08. The van der Waals surface area contributed by atoms with E-state index in [9.17, 15) is 9.59 Å². The molecule has 4 heteroatoms. The molecule has 0 aromatic heterocycles. The summed E-state index contributed by atoms with van der Waals surface area (Å²) in [5.41, 5.74) is 2.56. The zero-order chi connectivity index (χ0) is 18.6. The summed E-state index contributed by atoms with van der Waals surface area (Å²) in [7, 11) is 0. The van der Waals surface area contributed by atoms with E-state index in [1.165, 1.54) is 30.4 Å². The number of carbonyl (C=O) groups is 2. The predicted octanol–water partition coefficient (Wildman–Crippen LogP) is 3.51. The minimum absolute atomic E-state index is 0.00688. The molecule has 144 valence electrons. The standard InChI is InChI=1S/C23H29NO3/c1-15-2-4-19(5-3-15)22-8-16-6-17(9-22)11-23(10-16,14-22)21(26)27-13-18-7-20(25)24-12-18/h2-5,16-18H,6-14H2,1H3,(H,24,25). The summed E-state index contributed by atoms with van der Waals surface area (Å²) < 4.78 is 5.83. The lowest BCUT2D eigenvalue weighted by atomic mass is 9.43. The third-order valence-corrected chi connectivity index (χ3v) is 7.67. The number of nitrogens with one attached hydrogen (secondary N) is 1. The van der Waals surface area contributed by atoms with Crippen LogP contribution in [0.15, 0.2) is 24.3 Å². The van der Waals surface area contributed by atoms with Crippen LogP contribution in [-0.2, 0) is 19.7 Å². The van der Waals surface area contributed by atoms with Gasteiger partial charge in [-0.15, -0.1) is 0 Å². The average molecular weight is 367 g/mol. The molecular weight excluding hydrogens is 338 g/mol. The first kappa shape index (κ1) is 17.3. The van der Waals surface area contributed by atoms with Crippen LogP contribution in [0, 0.1) is 30.1 Å². The molecule has 0 spiro atoms. The Morgan fingerprint density at radius 3 is 2.48 bits per heavy atom. The molecule has 6 rings (SSSR count). The van der Waals surface area contributed by atoms with E-state index in [4.69, 9.17) is 4.74 Å². The topological polar surface area (TPSA) is 55.4 Å². The van der Waals surface area contributed by atoms with Gasteiger partial charge in [0.25, 0.3) is 0 Å². The van der Waals surface area contributed by atoms with E-state index in [1.54, 1.807) is 0 Å². The van der Waals surface area contributed by atoms with Gasteiger partial charge in [-0.25, -0.2) is 0 Å². The van der Waals surface area contributed by atoms with E-state index in [1.807, 2.05) is 0 Å². The van der Waals surface area contributed by atoms with Gasteiger partial charge in [0.15, 0.2) is 0 Å². The molecule has 1 aliphatic heterocycles. The van der Waals surface area contributed by atoms with Crippen molar-refractivity contribution >= 4 is 11.9 Å². The van der Waals surface area contributed by atoms with Crippen molar-refractivity contribution in [2.45, 2.75) is 57.3 Å². The summed E-state index contributed by atoms with van der Waals surface area (Å²) in [6, 6.07) is 9.00. The number of carbonyl (C=O) groups excluding carboxylic acids is 2. The highest BCUT2D eigenvalue weighted by Crippen LogP contribution is 2.66. The molecule has 3 unspecified atom stereocenters. The number of hydrogen-bond donors (Lipinski definition) is 1. The molecule has 4 saturated carbocycles. The van der Waals surface area contributed by atoms with Crippen molar-refractivity contribution in [2.75, 3.05) is 13.2 Å². The van der Waals surface area contributed by atoms with Crippen molar-refractivity contribution < 1.29 is 14.3 Å². The van der Waals surface area contributed by atoms with Crippen LogP contribution in [0.2, 0.25) is 0 Å². The van der Waals surface area contributed by atoms with Crippen molar-refractivity contribution in [3.8, 4) is 0 Å². The van der Waals surface area contributed by atoms with Gasteiger partial charge in [-0.3, -0.25) is 9.59 Å². The number of amides is 1. The lowest BCUT2D eigenvalue weighted by molar-refractivity contribution is -0.175. The molecule has 5 aliphatic rings. The number of esters is 1. The fraction of sp³-hybridized carbons (Fsp3) is 0.652. The predicted molar refractivity (Wildman–Crippen MR) is 102 cm³/mol. The molecule has 4 nitrogen and oxygen atoms in total. The Bertz CT molecular complexity index is 754. The molecule has 1 heterocycles. The molecular formula is C23H29NO3. The highest BCUT2D eigenvalue weighted by molar-refractivity contribution is 5.79. The molecule has 1 aromatic carbocycles. The van der Waals surface area contributed by atoms with Crippen LogP contribution in [0.1, 0.15) is 56.1 Å². The van der Waals surface area contributed by atoms with Crippen LogP contribution in [0.25, 0.3) is 0 Å². The normalized spacial score (nSPS) is 39.4. The van der Waals surface area contributed by atoms with Crippen LogP contribution in [0.3, 0.4) is 0 Å². The molecule has 3 atom stereocenters. The van der Waals surface area contributed by atoms with Gasteiger partial charge in [0, 0.05) is 18.9 Å². The molecule has 1 aromatic rings. The summed E-state index contributed by atoms with van der Waals surface area (Å²) in [6.45, 7) is 3.15. The van der Waals surface area contributed by atoms with Gasteiger partial charge in [0.2, 0.25) is 5.91 Å². The molecule has 1 N–H and O–H groups in total. The van der Waals surface area contributed by atoms with Gasteiger partial charge in [0.1, 0.15) is 0 Å². The highest BCUT2D eigenvalue weighted by atomic mass is 16.5. The van der Waals surface area contributed by atoms with Crippen LogP contribution >= 0.6 is 0 Å². The number of aryl methyl sites for hydroxylation is 1. The molecule has 5 fully saturated rings. The first-order chi connectivity index (χ1) is 13.0. The summed E-state index contributed by atoms with van der Waals surface area (Å²) >= 11 is 0. The Labute approximate surface area is 161 Å². The van der Waals surface area contributed by atoms with Crippen molar-refractivity contribution in [1.29, 1.82) is 0 Å². The first-order valence-electron chi connectivity index (χ1n) is 10.5. The Hall–Kier alpha value is -1.84. The monoisotopic (exact) mass is 367 g/mol. The van der Waals surface area contributed by atoms with E-state index in [-0.39, 0.29) is 28.6 Å². The Morgan fingerprint density at radius 2 is 1.85 bits per heavy atom. The summed E-state index contributed by atoms with van der Waals surface area (Å²) in [4.78, 5) is 24.6. The molecule has 0 radical (unpaired) electrons. The largest absolute Gasteiger partial charge is 0.465 e. The number of ether oxygens (including phenoxy) is 1. The summed E-state index contributed by atoms with van der Waals surface area (Å²) in [6.07, 6.45) is 7.15. The Kier molecular flexibility index (Phi) is 3.89. The van der Waals surface area contributed by atoms with Gasteiger partial charge in [-0.05, 0) is 68.3 Å². The van der Waals surface area contributed by atoms with E-state index in [0.717, 1.165) is 19.3 Å². The number of hydrogen-bond acceptors (Lipinski definition) is 3. The maximum absolute atomic E-state index is 13.2. The third-order valence-electron chi connectivity index (χ3n) is 7.67. The van der Waals surface area contributed by atoms with E-state index in [0.29, 0.717) is 31.4 Å². The smallest absolute Gasteiger partial charge is 0.312 e. The van der Waals surface area contributed by atoms with Crippen LogP contribution in [-0.4, -0.2) is 25.0 Å². The first-order valence-corrected chi connectivity index (χ1v) is 10.5. The van der Waals surface area contributed by atoms with Crippen molar-refractivity contribution in [3.63, 3.8) is 0 Å². The number of benzene rings is 1. The molecule has 4 aliphatic carbocycles. The van der Waals surface area contributed by atoms with Crippen LogP contribution in [0.4, 0.5) is 0 Å². The van der Waals surface area contributed by atoms with Crippen LogP contribution in [0.5, 0.6) is 0 Å². The minimum atomic E-state index is -0.301. The molecule has 1 saturated heterocycles. The molecule has 4 bridgehead atoms. The second-order valence-electron chi connectivity index (χ2n) is 9.86. The zero-order valence-electron chi connectivity index (χ0n) is 16.1. The lowest BCUT2D eigenvalue weighted by Crippen LogP contribution is -2.57. The van der Waals surface area contributed by atoms with E-state index < -0.39 is 0 Å². The maximum atomic E-state index is 13.2. The van der Waals surface area contributed by atoms with E-state index >= 15 is 0 Å². The zero-order valence-corrected chi connectivity index (χ0v) is 16.1. The molecule has 1 amide bonds. The SMILES string of the molecule is Cc1ccc(C23CC4CC(CC(C(=O)OCC5CNC(=O)C5)(C4)C2)C3)cc1. The minimum Gasteiger partial charge on any atom is -0.465 e. The maximum Gasteiger partial charge on any atom is 0.312 e. The van der Waals surface area contributed by atoms with Gasteiger partial charge < -0.3 is 10.1 Å². The summed E-state index contributed by atoms with van der Waals surface area (Å²) in [5.74, 6) is 1.52. The van der Waals surface area contributed by atoms with Gasteiger partial charge in [0.05, 0.1) is 12.0 Å².